The Morgan fingerprint density at radius 2 is 1.84 bits per heavy atom. The summed E-state index contributed by atoms with van der Waals surface area (Å²) in [5.74, 6) is 9.19. The van der Waals surface area contributed by atoms with Crippen LogP contribution < -0.4 is 4.90 Å². The molecule has 0 aliphatic carbocycles. The van der Waals surface area contributed by atoms with Crippen molar-refractivity contribution >= 4 is 17.0 Å². The number of fused-ring (bicyclic) bond motifs is 2. The minimum atomic E-state index is 0.470. The molecule has 4 aromatic rings. The van der Waals surface area contributed by atoms with E-state index in [2.05, 4.69) is 36.7 Å². The third-order valence-electron chi connectivity index (χ3n) is 6.03. The van der Waals surface area contributed by atoms with Gasteiger partial charge in [0.05, 0.1) is 31.4 Å². The lowest BCUT2D eigenvalue weighted by Gasteiger charge is -2.18. The molecular weight excluding hydrogens is 390 g/mol. The zero-order valence-corrected chi connectivity index (χ0v) is 17.1. The lowest BCUT2D eigenvalue weighted by atomic mass is 10.0. The van der Waals surface area contributed by atoms with Gasteiger partial charge in [-0.05, 0) is 17.4 Å². The topological polar surface area (TPSA) is 84.8 Å². The van der Waals surface area contributed by atoms with Gasteiger partial charge in [0.25, 0.3) is 0 Å². The molecule has 1 N–H and O–H groups in total. The fourth-order valence-electron chi connectivity index (χ4n) is 4.39. The third kappa shape index (κ3) is 3.23. The summed E-state index contributed by atoms with van der Waals surface area (Å²) in [5, 5.41) is 0. The Morgan fingerprint density at radius 1 is 1.03 bits per heavy atom. The van der Waals surface area contributed by atoms with Crippen LogP contribution in [0.1, 0.15) is 11.6 Å². The average molecular weight is 411 g/mol. The van der Waals surface area contributed by atoms with Crippen molar-refractivity contribution < 1.29 is 4.74 Å². The highest BCUT2D eigenvalue weighted by Gasteiger charge is 2.38. The quantitative estimate of drug-likeness (QED) is 0.509. The van der Waals surface area contributed by atoms with Crippen molar-refractivity contribution in [3.05, 3.63) is 54.5 Å². The Labute approximate surface area is 179 Å². The zero-order valence-electron chi connectivity index (χ0n) is 17.1. The van der Waals surface area contributed by atoms with Crippen LogP contribution in [-0.4, -0.2) is 55.8 Å². The Kier molecular flexibility index (Phi) is 4.21. The smallest absolute Gasteiger partial charge is 0.209 e. The van der Waals surface area contributed by atoms with Gasteiger partial charge in [-0.3, -0.25) is 0 Å². The van der Waals surface area contributed by atoms with E-state index in [4.69, 9.17) is 9.72 Å². The zero-order chi connectivity index (χ0) is 20.8. The molecule has 0 saturated carbocycles. The van der Waals surface area contributed by atoms with E-state index in [-0.39, 0.29) is 0 Å². The minimum absolute atomic E-state index is 0.470. The number of ether oxygens (including phenoxy) is 1. The van der Waals surface area contributed by atoms with Crippen LogP contribution in [0.25, 0.3) is 22.4 Å². The number of rotatable bonds is 2. The molecule has 0 spiro atoms. The van der Waals surface area contributed by atoms with Crippen molar-refractivity contribution in [3.8, 4) is 23.1 Å². The standard InChI is InChI=1S/C23H21N7O/c1-29-14-25-21-22(29)27-20(28-23(21)30-10-16-12-31-13-17(16)11-30)8-7-19-24-9-18(26-19)15-5-3-2-4-6-15/h2-6,9,14,16-17H,10-13H2,1H3,(H,24,26)/t16-,17+. The van der Waals surface area contributed by atoms with Crippen LogP contribution in [0, 0.1) is 23.7 Å². The number of imidazole rings is 2. The molecule has 0 radical (unpaired) electrons. The van der Waals surface area contributed by atoms with Gasteiger partial charge in [-0.15, -0.1) is 0 Å². The number of nitrogens with one attached hydrogen (secondary N) is 1. The predicted molar refractivity (Wildman–Crippen MR) is 116 cm³/mol. The first kappa shape index (κ1) is 18.1. The largest absolute Gasteiger partial charge is 0.381 e. The molecule has 1 aromatic carbocycles. The molecule has 6 rings (SSSR count). The van der Waals surface area contributed by atoms with Crippen LogP contribution >= 0.6 is 0 Å². The molecule has 0 bridgehead atoms. The van der Waals surface area contributed by atoms with Crippen LogP contribution in [-0.2, 0) is 11.8 Å². The molecule has 8 nitrogen and oxygen atoms in total. The summed E-state index contributed by atoms with van der Waals surface area (Å²) in [7, 11) is 1.94. The molecular formula is C23H21N7O. The number of nitrogens with zero attached hydrogens (tertiary/aromatic N) is 6. The van der Waals surface area contributed by atoms with E-state index in [0.717, 1.165) is 54.5 Å². The van der Waals surface area contributed by atoms with Crippen molar-refractivity contribution in [1.29, 1.82) is 0 Å². The highest BCUT2D eigenvalue weighted by atomic mass is 16.5. The number of hydrogen-bond acceptors (Lipinski definition) is 6. The average Bonchev–Trinajstić information content (AvgIpc) is 3.57. The number of hydrogen-bond donors (Lipinski definition) is 1. The van der Waals surface area contributed by atoms with E-state index in [1.165, 1.54) is 0 Å². The fourth-order valence-corrected chi connectivity index (χ4v) is 4.39. The lowest BCUT2D eigenvalue weighted by molar-refractivity contribution is 0.177. The molecule has 5 heterocycles. The maximum absolute atomic E-state index is 5.62. The van der Waals surface area contributed by atoms with Gasteiger partial charge < -0.3 is 19.2 Å². The van der Waals surface area contributed by atoms with E-state index in [1.807, 2.05) is 41.9 Å². The summed E-state index contributed by atoms with van der Waals surface area (Å²) in [4.78, 5) is 23.9. The maximum atomic E-state index is 5.62. The summed E-state index contributed by atoms with van der Waals surface area (Å²) in [5.41, 5.74) is 3.60. The lowest BCUT2D eigenvalue weighted by Crippen LogP contribution is -2.24. The van der Waals surface area contributed by atoms with Crippen molar-refractivity contribution in [2.45, 2.75) is 0 Å². The normalized spacial score (nSPS) is 20.1. The first-order valence-corrected chi connectivity index (χ1v) is 10.4. The van der Waals surface area contributed by atoms with E-state index < -0.39 is 0 Å². The SMILES string of the molecule is Cn1cnc2c(N3C[C@H]4COC[C@H]4C3)nc(C#Cc3ncc(-c4ccccc4)[nH]3)nc21. The number of aryl methyl sites for hydroxylation is 1. The first-order chi connectivity index (χ1) is 15.2. The second kappa shape index (κ2) is 7.22. The fraction of sp³-hybridized carbons (Fsp3) is 0.304. The first-order valence-electron chi connectivity index (χ1n) is 10.4. The molecule has 0 amide bonds. The number of benzene rings is 1. The van der Waals surface area contributed by atoms with Gasteiger partial charge >= 0.3 is 0 Å². The Bertz CT molecular complexity index is 1300. The molecule has 2 aliphatic heterocycles. The van der Waals surface area contributed by atoms with Crippen molar-refractivity contribution in [2.24, 2.45) is 18.9 Å². The van der Waals surface area contributed by atoms with Crippen molar-refractivity contribution in [1.82, 2.24) is 29.5 Å². The maximum Gasteiger partial charge on any atom is 0.209 e. The molecule has 2 saturated heterocycles. The summed E-state index contributed by atoms with van der Waals surface area (Å²) >= 11 is 0. The monoisotopic (exact) mass is 411 g/mol. The van der Waals surface area contributed by atoms with Crippen LogP contribution in [0.4, 0.5) is 5.82 Å². The molecule has 0 unspecified atom stereocenters. The van der Waals surface area contributed by atoms with E-state index in [0.29, 0.717) is 23.5 Å². The Morgan fingerprint density at radius 3 is 2.65 bits per heavy atom. The van der Waals surface area contributed by atoms with Crippen LogP contribution in [0.15, 0.2) is 42.9 Å². The van der Waals surface area contributed by atoms with Gasteiger partial charge in [0.15, 0.2) is 22.8 Å². The number of anilines is 1. The van der Waals surface area contributed by atoms with E-state index in [1.54, 1.807) is 12.5 Å². The van der Waals surface area contributed by atoms with Gasteiger partial charge in [-0.1, -0.05) is 30.3 Å². The van der Waals surface area contributed by atoms with Crippen molar-refractivity contribution in [2.75, 3.05) is 31.2 Å². The van der Waals surface area contributed by atoms with Crippen LogP contribution in [0.2, 0.25) is 0 Å². The summed E-state index contributed by atoms with van der Waals surface area (Å²) in [6.07, 6.45) is 3.57. The molecule has 3 aromatic heterocycles. The molecule has 8 heteroatoms. The van der Waals surface area contributed by atoms with E-state index in [9.17, 15) is 0 Å². The van der Waals surface area contributed by atoms with Crippen LogP contribution in [0.3, 0.4) is 0 Å². The number of H-pyrrole nitrogens is 1. The second-order valence-corrected chi connectivity index (χ2v) is 8.12. The highest BCUT2D eigenvalue weighted by Crippen LogP contribution is 2.34. The van der Waals surface area contributed by atoms with Gasteiger partial charge in [0.2, 0.25) is 5.82 Å². The number of aromatic amines is 1. The van der Waals surface area contributed by atoms with Gasteiger partial charge in [-0.2, -0.15) is 0 Å². The summed E-state index contributed by atoms with van der Waals surface area (Å²) in [6.45, 7) is 3.51. The molecule has 31 heavy (non-hydrogen) atoms. The van der Waals surface area contributed by atoms with Crippen molar-refractivity contribution in [3.63, 3.8) is 0 Å². The third-order valence-corrected chi connectivity index (χ3v) is 6.03. The van der Waals surface area contributed by atoms with Crippen LogP contribution in [0.5, 0.6) is 0 Å². The Balaban J connectivity index is 1.34. The van der Waals surface area contributed by atoms with Gasteiger partial charge in [0, 0.05) is 32.0 Å². The van der Waals surface area contributed by atoms with Gasteiger partial charge in [0.1, 0.15) is 0 Å². The molecule has 2 fully saturated rings. The number of aromatic nitrogens is 6. The summed E-state index contributed by atoms with van der Waals surface area (Å²) < 4.78 is 7.53. The minimum Gasteiger partial charge on any atom is -0.381 e. The summed E-state index contributed by atoms with van der Waals surface area (Å²) in [6, 6.07) is 10.1. The van der Waals surface area contributed by atoms with E-state index >= 15 is 0 Å². The predicted octanol–water partition coefficient (Wildman–Crippen LogP) is 2.24. The molecule has 154 valence electrons. The van der Waals surface area contributed by atoms with Gasteiger partial charge in [-0.25, -0.2) is 19.9 Å². The molecule has 2 atom stereocenters. The second-order valence-electron chi connectivity index (χ2n) is 8.12. The Hall–Kier alpha value is -3.70. The molecule has 2 aliphatic rings. The highest BCUT2D eigenvalue weighted by molar-refractivity contribution is 5.84.